The van der Waals surface area contributed by atoms with E-state index in [9.17, 15) is 4.79 Å². The van der Waals surface area contributed by atoms with Crippen LogP contribution in [0, 0.1) is 0 Å². The van der Waals surface area contributed by atoms with Gasteiger partial charge in [-0.3, -0.25) is 9.89 Å². The van der Waals surface area contributed by atoms with Crippen molar-refractivity contribution in [1.29, 1.82) is 0 Å². The summed E-state index contributed by atoms with van der Waals surface area (Å²) in [5.41, 5.74) is 2.63. The summed E-state index contributed by atoms with van der Waals surface area (Å²) in [6.07, 6.45) is 2.80. The number of hydrogen-bond donors (Lipinski definition) is 3. The Morgan fingerprint density at radius 2 is 2.37 bits per heavy atom. The maximum atomic E-state index is 12.0. The lowest BCUT2D eigenvalue weighted by Gasteiger charge is -2.12. The number of carbonyl (C=O) groups excluding carboxylic acids is 1. The second-order valence-corrected chi connectivity index (χ2v) is 4.62. The lowest BCUT2D eigenvalue weighted by atomic mass is 10.1. The second kappa shape index (κ2) is 7.25. The Balaban J connectivity index is 1.75. The van der Waals surface area contributed by atoms with Crippen LogP contribution in [-0.4, -0.2) is 42.4 Å². The van der Waals surface area contributed by atoms with Gasteiger partial charge >= 0.3 is 0 Å². The SMILES string of the molecule is CCOCCCCNC(=O)c1n[nH]c2c1CNCC2. The Morgan fingerprint density at radius 1 is 1.47 bits per heavy atom. The summed E-state index contributed by atoms with van der Waals surface area (Å²) in [5.74, 6) is -0.0855. The fourth-order valence-electron chi connectivity index (χ4n) is 2.17. The molecule has 1 aromatic rings. The first-order chi connectivity index (χ1) is 9.33. The zero-order valence-electron chi connectivity index (χ0n) is 11.4. The summed E-state index contributed by atoms with van der Waals surface area (Å²) in [4.78, 5) is 12.0. The van der Waals surface area contributed by atoms with Gasteiger partial charge in [-0.25, -0.2) is 0 Å². The summed E-state index contributed by atoms with van der Waals surface area (Å²) in [5, 5.41) is 13.2. The monoisotopic (exact) mass is 266 g/mol. The van der Waals surface area contributed by atoms with Crippen molar-refractivity contribution in [2.45, 2.75) is 32.7 Å². The number of amides is 1. The first-order valence-corrected chi connectivity index (χ1v) is 6.95. The van der Waals surface area contributed by atoms with Gasteiger partial charge in [0, 0.05) is 50.5 Å². The van der Waals surface area contributed by atoms with Crippen LogP contribution in [0.4, 0.5) is 0 Å². The Labute approximate surface area is 113 Å². The van der Waals surface area contributed by atoms with Gasteiger partial charge in [-0.1, -0.05) is 0 Å². The molecule has 6 nitrogen and oxygen atoms in total. The molecule has 1 amide bonds. The molecule has 0 bridgehead atoms. The summed E-state index contributed by atoms with van der Waals surface area (Å²) in [6.45, 7) is 5.82. The average molecular weight is 266 g/mol. The van der Waals surface area contributed by atoms with Gasteiger partial charge < -0.3 is 15.4 Å². The van der Waals surface area contributed by atoms with Gasteiger partial charge in [-0.15, -0.1) is 0 Å². The predicted molar refractivity (Wildman–Crippen MR) is 72.1 cm³/mol. The Hall–Kier alpha value is -1.40. The molecule has 0 aliphatic carbocycles. The van der Waals surface area contributed by atoms with Crippen LogP contribution in [0.3, 0.4) is 0 Å². The highest BCUT2D eigenvalue weighted by atomic mass is 16.5. The molecule has 106 valence electrons. The zero-order valence-corrected chi connectivity index (χ0v) is 11.4. The minimum atomic E-state index is -0.0855. The highest BCUT2D eigenvalue weighted by molar-refractivity contribution is 5.94. The smallest absolute Gasteiger partial charge is 0.272 e. The van der Waals surface area contributed by atoms with Crippen molar-refractivity contribution in [1.82, 2.24) is 20.8 Å². The number of nitrogens with zero attached hydrogens (tertiary/aromatic N) is 1. The first-order valence-electron chi connectivity index (χ1n) is 6.95. The topological polar surface area (TPSA) is 79.0 Å². The molecule has 0 saturated heterocycles. The van der Waals surface area contributed by atoms with E-state index in [2.05, 4.69) is 20.8 Å². The van der Waals surface area contributed by atoms with Crippen LogP contribution < -0.4 is 10.6 Å². The van der Waals surface area contributed by atoms with Gasteiger partial charge in [0.05, 0.1) is 0 Å². The minimum absolute atomic E-state index is 0.0855. The highest BCUT2D eigenvalue weighted by Crippen LogP contribution is 2.14. The van der Waals surface area contributed by atoms with E-state index in [0.29, 0.717) is 12.2 Å². The largest absolute Gasteiger partial charge is 0.382 e. The molecule has 0 radical (unpaired) electrons. The highest BCUT2D eigenvalue weighted by Gasteiger charge is 2.20. The molecule has 0 atom stereocenters. The molecule has 1 aliphatic heterocycles. The fraction of sp³-hybridized carbons (Fsp3) is 0.692. The number of H-pyrrole nitrogens is 1. The standard InChI is InChI=1S/C13H22N4O2/c1-2-19-8-4-3-6-15-13(18)12-10-9-14-7-5-11(10)16-17-12/h14H,2-9H2,1H3,(H,15,18)(H,16,17). The average Bonchev–Trinajstić information content (AvgIpc) is 2.86. The van der Waals surface area contributed by atoms with Crippen molar-refractivity contribution in [3.63, 3.8) is 0 Å². The van der Waals surface area contributed by atoms with Crippen molar-refractivity contribution in [3.05, 3.63) is 17.0 Å². The van der Waals surface area contributed by atoms with Crippen molar-refractivity contribution in [2.24, 2.45) is 0 Å². The number of unbranched alkanes of at least 4 members (excludes halogenated alkanes) is 1. The second-order valence-electron chi connectivity index (χ2n) is 4.62. The molecule has 19 heavy (non-hydrogen) atoms. The maximum Gasteiger partial charge on any atom is 0.272 e. The van der Waals surface area contributed by atoms with E-state index < -0.39 is 0 Å². The minimum Gasteiger partial charge on any atom is -0.382 e. The van der Waals surface area contributed by atoms with Crippen LogP contribution in [0.1, 0.15) is 41.5 Å². The molecule has 1 aromatic heterocycles. The van der Waals surface area contributed by atoms with E-state index in [1.54, 1.807) is 0 Å². The molecule has 2 heterocycles. The van der Waals surface area contributed by atoms with Crippen LogP contribution >= 0.6 is 0 Å². The Bertz CT molecular complexity index is 417. The van der Waals surface area contributed by atoms with Crippen LogP contribution in [0.15, 0.2) is 0 Å². The van der Waals surface area contributed by atoms with Gasteiger partial charge in [0.15, 0.2) is 5.69 Å². The van der Waals surface area contributed by atoms with E-state index in [1.807, 2.05) is 6.92 Å². The third kappa shape index (κ3) is 3.78. The van der Waals surface area contributed by atoms with Crippen molar-refractivity contribution >= 4 is 5.91 Å². The van der Waals surface area contributed by atoms with E-state index in [-0.39, 0.29) is 5.91 Å². The predicted octanol–water partition coefficient (Wildman–Crippen LogP) is 0.602. The van der Waals surface area contributed by atoms with Gasteiger partial charge in [-0.05, 0) is 19.8 Å². The fourth-order valence-corrected chi connectivity index (χ4v) is 2.17. The summed E-state index contributed by atoms with van der Waals surface area (Å²) >= 11 is 0. The molecule has 1 aliphatic rings. The molecular weight excluding hydrogens is 244 g/mol. The van der Waals surface area contributed by atoms with Gasteiger partial charge in [0.25, 0.3) is 5.91 Å². The van der Waals surface area contributed by atoms with Gasteiger partial charge in [0.2, 0.25) is 0 Å². The van der Waals surface area contributed by atoms with E-state index in [0.717, 1.165) is 56.8 Å². The molecule has 6 heteroatoms. The van der Waals surface area contributed by atoms with Crippen molar-refractivity contribution in [2.75, 3.05) is 26.3 Å². The van der Waals surface area contributed by atoms with Crippen molar-refractivity contribution < 1.29 is 9.53 Å². The number of fused-ring (bicyclic) bond motifs is 1. The van der Waals surface area contributed by atoms with Crippen LogP contribution in [0.2, 0.25) is 0 Å². The number of ether oxygens (including phenoxy) is 1. The Morgan fingerprint density at radius 3 is 3.21 bits per heavy atom. The van der Waals surface area contributed by atoms with Gasteiger partial charge in [0.1, 0.15) is 0 Å². The lowest BCUT2D eigenvalue weighted by molar-refractivity contribution is 0.0943. The molecule has 2 rings (SSSR count). The summed E-state index contributed by atoms with van der Waals surface area (Å²) < 4.78 is 5.25. The third-order valence-electron chi connectivity index (χ3n) is 3.23. The number of nitrogens with one attached hydrogen (secondary N) is 3. The third-order valence-corrected chi connectivity index (χ3v) is 3.23. The molecular formula is C13H22N4O2. The van der Waals surface area contributed by atoms with Crippen LogP contribution in [0.25, 0.3) is 0 Å². The van der Waals surface area contributed by atoms with Crippen molar-refractivity contribution in [3.8, 4) is 0 Å². The lowest BCUT2D eigenvalue weighted by Crippen LogP contribution is -2.29. The maximum absolute atomic E-state index is 12.0. The molecule has 0 spiro atoms. The number of rotatable bonds is 7. The first kappa shape index (κ1) is 14.0. The molecule has 0 aromatic carbocycles. The zero-order chi connectivity index (χ0) is 13.5. The Kier molecular flexibility index (Phi) is 5.35. The van der Waals surface area contributed by atoms with E-state index in [4.69, 9.17) is 4.74 Å². The molecule has 0 saturated carbocycles. The normalized spacial score (nSPS) is 14.2. The van der Waals surface area contributed by atoms with Gasteiger partial charge in [-0.2, -0.15) is 5.10 Å². The number of aromatic nitrogens is 2. The molecule has 3 N–H and O–H groups in total. The van der Waals surface area contributed by atoms with Crippen LogP contribution in [0.5, 0.6) is 0 Å². The number of aromatic amines is 1. The number of hydrogen-bond acceptors (Lipinski definition) is 4. The quantitative estimate of drug-likeness (QED) is 0.632. The van der Waals surface area contributed by atoms with E-state index in [1.165, 1.54) is 0 Å². The summed E-state index contributed by atoms with van der Waals surface area (Å²) in [6, 6.07) is 0. The van der Waals surface area contributed by atoms with Crippen LogP contribution in [-0.2, 0) is 17.7 Å². The number of carbonyl (C=O) groups is 1. The summed E-state index contributed by atoms with van der Waals surface area (Å²) in [7, 11) is 0. The molecule has 0 fully saturated rings. The van der Waals surface area contributed by atoms with E-state index >= 15 is 0 Å². The molecule has 0 unspecified atom stereocenters.